The monoisotopic (exact) mass is 339 g/mol. The topological polar surface area (TPSA) is 52.3 Å². The molecule has 2 aromatic heterocycles. The Morgan fingerprint density at radius 1 is 1.25 bits per heavy atom. The molecular formula is C19H17NO3S. The number of thiophene rings is 1. The Morgan fingerprint density at radius 3 is 2.96 bits per heavy atom. The number of hydrogen-bond donors (Lipinski definition) is 0. The Bertz CT molecular complexity index is 838. The van der Waals surface area contributed by atoms with Crippen molar-refractivity contribution in [3.63, 3.8) is 0 Å². The number of carbonyl (C=O) groups is 1. The average molecular weight is 339 g/mol. The molecule has 2 heterocycles. The van der Waals surface area contributed by atoms with Crippen LogP contribution in [0.4, 0.5) is 0 Å². The Kier molecular flexibility index (Phi) is 4.17. The van der Waals surface area contributed by atoms with Gasteiger partial charge in [0.1, 0.15) is 12.4 Å². The third kappa shape index (κ3) is 3.26. The number of hydrogen-bond acceptors (Lipinski definition) is 5. The molecule has 1 aliphatic rings. The van der Waals surface area contributed by atoms with Gasteiger partial charge >= 0.3 is 5.97 Å². The van der Waals surface area contributed by atoms with Crippen LogP contribution >= 0.6 is 11.3 Å². The molecule has 1 aromatic carbocycles. The summed E-state index contributed by atoms with van der Waals surface area (Å²) in [5.41, 5.74) is 3.25. The first kappa shape index (κ1) is 15.1. The van der Waals surface area contributed by atoms with Crippen LogP contribution in [-0.4, -0.2) is 17.1 Å². The number of nitrogens with zero attached hydrogens (tertiary/aromatic N) is 1. The molecule has 0 N–H and O–H groups in total. The zero-order valence-electron chi connectivity index (χ0n) is 13.1. The predicted molar refractivity (Wildman–Crippen MR) is 91.9 cm³/mol. The van der Waals surface area contributed by atoms with Gasteiger partial charge < -0.3 is 9.15 Å². The van der Waals surface area contributed by atoms with Gasteiger partial charge in [0.15, 0.2) is 0 Å². The first-order valence-electron chi connectivity index (χ1n) is 8.02. The maximum atomic E-state index is 12.2. The molecule has 24 heavy (non-hydrogen) atoms. The van der Waals surface area contributed by atoms with Crippen molar-refractivity contribution in [1.29, 1.82) is 0 Å². The molecule has 4 nitrogen and oxygen atoms in total. The number of esters is 1. The normalized spacial score (nSPS) is 16.6. The SMILES string of the molecule is O=C(Cc1coc(-c2cccs2)n1)OC1CCc2ccccc2C1. The molecule has 1 aliphatic carbocycles. The first-order valence-corrected chi connectivity index (χ1v) is 8.90. The summed E-state index contributed by atoms with van der Waals surface area (Å²) < 4.78 is 11.1. The van der Waals surface area contributed by atoms with E-state index in [0.29, 0.717) is 11.6 Å². The van der Waals surface area contributed by atoms with E-state index in [-0.39, 0.29) is 18.5 Å². The fourth-order valence-corrected chi connectivity index (χ4v) is 3.70. The molecule has 3 aromatic rings. The van der Waals surface area contributed by atoms with Crippen LogP contribution in [0.1, 0.15) is 23.2 Å². The average Bonchev–Trinajstić information content (AvgIpc) is 3.26. The molecule has 0 bridgehead atoms. The zero-order valence-corrected chi connectivity index (χ0v) is 13.9. The standard InChI is InChI=1S/C19H17NO3S/c21-18(11-15-12-22-19(20-15)17-6-3-9-24-17)23-16-8-7-13-4-1-2-5-14(13)10-16/h1-6,9,12,16H,7-8,10-11H2. The van der Waals surface area contributed by atoms with E-state index < -0.39 is 0 Å². The lowest BCUT2D eigenvalue weighted by Gasteiger charge is -2.24. The van der Waals surface area contributed by atoms with Gasteiger partial charge in [-0.2, -0.15) is 0 Å². The second-order valence-corrected chi connectivity index (χ2v) is 6.87. The summed E-state index contributed by atoms with van der Waals surface area (Å²) in [4.78, 5) is 17.5. The summed E-state index contributed by atoms with van der Waals surface area (Å²) in [6, 6.07) is 12.2. The van der Waals surface area contributed by atoms with Gasteiger partial charge in [-0.3, -0.25) is 4.79 Å². The smallest absolute Gasteiger partial charge is 0.312 e. The highest BCUT2D eigenvalue weighted by atomic mass is 32.1. The lowest BCUT2D eigenvalue weighted by atomic mass is 9.90. The predicted octanol–water partition coefficient (Wildman–Crippen LogP) is 4.05. The van der Waals surface area contributed by atoms with Crippen molar-refractivity contribution in [3.05, 3.63) is 64.9 Å². The number of aromatic nitrogens is 1. The van der Waals surface area contributed by atoms with E-state index in [1.54, 1.807) is 11.3 Å². The summed E-state index contributed by atoms with van der Waals surface area (Å²) >= 11 is 1.56. The molecule has 0 fully saturated rings. The Morgan fingerprint density at radius 2 is 2.12 bits per heavy atom. The second-order valence-electron chi connectivity index (χ2n) is 5.92. The molecule has 0 amide bonds. The lowest BCUT2D eigenvalue weighted by molar-refractivity contribution is -0.148. The van der Waals surface area contributed by atoms with Crippen molar-refractivity contribution in [2.45, 2.75) is 31.8 Å². The fourth-order valence-electron chi connectivity index (χ4n) is 3.04. The number of oxazole rings is 1. The van der Waals surface area contributed by atoms with Crippen LogP contribution in [0.2, 0.25) is 0 Å². The molecule has 1 unspecified atom stereocenters. The number of rotatable bonds is 4. The number of carbonyl (C=O) groups excluding carboxylic acids is 1. The highest BCUT2D eigenvalue weighted by Crippen LogP contribution is 2.25. The number of aryl methyl sites for hydroxylation is 1. The van der Waals surface area contributed by atoms with Crippen molar-refractivity contribution in [1.82, 2.24) is 4.98 Å². The van der Waals surface area contributed by atoms with E-state index in [4.69, 9.17) is 9.15 Å². The Balaban J connectivity index is 1.36. The molecule has 1 atom stereocenters. The molecule has 122 valence electrons. The maximum absolute atomic E-state index is 12.2. The minimum absolute atomic E-state index is 0.0453. The maximum Gasteiger partial charge on any atom is 0.312 e. The summed E-state index contributed by atoms with van der Waals surface area (Å²) in [6.07, 6.45) is 4.26. The van der Waals surface area contributed by atoms with Gasteiger partial charge in [-0.05, 0) is 35.4 Å². The van der Waals surface area contributed by atoms with Gasteiger partial charge in [0.05, 0.1) is 17.0 Å². The minimum Gasteiger partial charge on any atom is -0.462 e. The van der Waals surface area contributed by atoms with Crippen LogP contribution in [-0.2, 0) is 28.8 Å². The molecule has 0 aliphatic heterocycles. The van der Waals surface area contributed by atoms with Gasteiger partial charge in [-0.1, -0.05) is 30.3 Å². The van der Waals surface area contributed by atoms with E-state index in [2.05, 4.69) is 23.2 Å². The summed E-state index contributed by atoms with van der Waals surface area (Å²) in [6.45, 7) is 0. The number of ether oxygens (including phenoxy) is 1. The summed E-state index contributed by atoms with van der Waals surface area (Å²) in [7, 11) is 0. The Labute approximate surface area is 144 Å². The van der Waals surface area contributed by atoms with Crippen LogP contribution in [0, 0.1) is 0 Å². The van der Waals surface area contributed by atoms with Gasteiger partial charge in [0.2, 0.25) is 5.89 Å². The molecule has 5 heteroatoms. The van der Waals surface area contributed by atoms with Crippen LogP contribution in [0.3, 0.4) is 0 Å². The fraction of sp³-hybridized carbons (Fsp3) is 0.263. The largest absolute Gasteiger partial charge is 0.462 e. The number of benzene rings is 1. The summed E-state index contributed by atoms with van der Waals surface area (Å²) in [5, 5.41) is 1.97. The van der Waals surface area contributed by atoms with Crippen molar-refractivity contribution in [2.24, 2.45) is 0 Å². The quantitative estimate of drug-likeness (QED) is 0.673. The highest BCUT2D eigenvalue weighted by molar-refractivity contribution is 7.13. The zero-order chi connectivity index (χ0) is 16.4. The van der Waals surface area contributed by atoms with Gasteiger partial charge in [-0.15, -0.1) is 11.3 Å². The third-order valence-electron chi connectivity index (χ3n) is 4.21. The minimum atomic E-state index is -0.245. The molecule has 4 rings (SSSR count). The van der Waals surface area contributed by atoms with Crippen LogP contribution in [0.5, 0.6) is 0 Å². The van der Waals surface area contributed by atoms with E-state index in [1.807, 2.05) is 23.6 Å². The van der Waals surface area contributed by atoms with Gasteiger partial charge in [-0.25, -0.2) is 4.98 Å². The van der Waals surface area contributed by atoms with E-state index in [1.165, 1.54) is 17.4 Å². The molecule has 0 saturated carbocycles. The molecular weight excluding hydrogens is 322 g/mol. The van der Waals surface area contributed by atoms with Gasteiger partial charge in [0, 0.05) is 6.42 Å². The molecule has 0 radical (unpaired) electrons. The molecule has 0 saturated heterocycles. The van der Waals surface area contributed by atoms with Crippen molar-refractivity contribution in [2.75, 3.05) is 0 Å². The Hall–Kier alpha value is -2.40. The van der Waals surface area contributed by atoms with Gasteiger partial charge in [0.25, 0.3) is 0 Å². The van der Waals surface area contributed by atoms with E-state index in [9.17, 15) is 4.79 Å². The van der Waals surface area contributed by atoms with Crippen molar-refractivity contribution in [3.8, 4) is 10.8 Å². The third-order valence-corrected chi connectivity index (χ3v) is 5.07. The van der Waals surface area contributed by atoms with Crippen LogP contribution < -0.4 is 0 Å². The van der Waals surface area contributed by atoms with Crippen LogP contribution in [0.15, 0.2) is 52.5 Å². The number of fused-ring (bicyclic) bond motifs is 1. The summed E-state index contributed by atoms with van der Waals surface area (Å²) in [5.74, 6) is 0.310. The van der Waals surface area contributed by atoms with Crippen LogP contribution in [0.25, 0.3) is 10.8 Å². The first-order chi connectivity index (χ1) is 11.8. The van der Waals surface area contributed by atoms with Crippen molar-refractivity contribution >= 4 is 17.3 Å². The highest BCUT2D eigenvalue weighted by Gasteiger charge is 2.22. The molecule has 0 spiro atoms. The van der Waals surface area contributed by atoms with Crippen molar-refractivity contribution < 1.29 is 13.9 Å². The second kappa shape index (κ2) is 6.61. The van der Waals surface area contributed by atoms with E-state index >= 15 is 0 Å². The van der Waals surface area contributed by atoms with E-state index in [0.717, 1.165) is 24.1 Å². The lowest BCUT2D eigenvalue weighted by Crippen LogP contribution is -2.26.